The van der Waals surface area contributed by atoms with Crippen molar-refractivity contribution in [1.29, 1.82) is 0 Å². The van der Waals surface area contributed by atoms with Gasteiger partial charge in [-0.1, -0.05) is 62.5 Å². The van der Waals surface area contributed by atoms with Gasteiger partial charge in [0.05, 0.1) is 23.4 Å². The first-order chi connectivity index (χ1) is 8.88. The summed E-state index contributed by atoms with van der Waals surface area (Å²) >= 11 is 4.91. The maximum atomic E-state index is 5.55. The van der Waals surface area contributed by atoms with Gasteiger partial charge in [-0.2, -0.15) is 0 Å². The van der Waals surface area contributed by atoms with E-state index >= 15 is 0 Å². The first kappa shape index (κ1) is 13.7. The predicted octanol–water partition coefficient (Wildman–Crippen LogP) is 2.53. The molecular formula is C14H18N4S. The molecule has 0 aliphatic rings. The maximum Gasteiger partial charge on any atom is 0.0946 e. The molecule has 4 nitrogen and oxygen atoms in total. The summed E-state index contributed by atoms with van der Waals surface area (Å²) in [4.78, 5) is 0.401. The van der Waals surface area contributed by atoms with Gasteiger partial charge in [-0.25, -0.2) is 4.68 Å². The summed E-state index contributed by atoms with van der Waals surface area (Å²) in [6.07, 6.45) is 1.73. The normalized spacial score (nSPS) is 11.5. The maximum absolute atomic E-state index is 5.55. The molecule has 2 N–H and O–H groups in total. The Morgan fingerprint density at radius 3 is 2.42 bits per heavy atom. The summed E-state index contributed by atoms with van der Waals surface area (Å²) in [5, 5.41) is 7.92. The average molecular weight is 274 g/mol. The summed E-state index contributed by atoms with van der Waals surface area (Å²) in [7, 11) is 0. The minimum Gasteiger partial charge on any atom is -0.392 e. The van der Waals surface area contributed by atoms with Gasteiger partial charge in [0.1, 0.15) is 0 Å². The lowest BCUT2D eigenvalue weighted by Gasteiger charge is -2.19. The molecule has 5 heteroatoms. The van der Waals surface area contributed by atoms with Crippen molar-refractivity contribution in [3.63, 3.8) is 0 Å². The zero-order valence-corrected chi connectivity index (χ0v) is 12.2. The van der Waals surface area contributed by atoms with Gasteiger partial charge in [0.15, 0.2) is 0 Å². The Bertz CT molecular complexity index is 578. The van der Waals surface area contributed by atoms with Crippen LogP contribution in [0.5, 0.6) is 0 Å². The van der Waals surface area contributed by atoms with Crippen LogP contribution in [0.2, 0.25) is 0 Å². The van der Waals surface area contributed by atoms with Crippen LogP contribution in [-0.4, -0.2) is 20.0 Å². The van der Waals surface area contributed by atoms with Gasteiger partial charge >= 0.3 is 0 Å². The van der Waals surface area contributed by atoms with Crippen LogP contribution in [-0.2, 0) is 12.0 Å². The lowest BCUT2D eigenvalue weighted by Crippen LogP contribution is -2.18. The monoisotopic (exact) mass is 274 g/mol. The third kappa shape index (κ3) is 3.17. The Morgan fingerprint density at radius 1 is 1.26 bits per heavy atom. The highest BCUT2D eigenvalue weighted by Gasteiger charge is 2.14. The SMILES string of the molecule is CC(C)(C)c1ccc(-c2cnnn2CC(N)=S)cc1. The molecule has 100 valence electrons. The van der Waals surface area contributed by atoms with Crippen molar-refractivity contribution in [2.75, 3.05) is 0 Å². The molecule has 1 heterocycles. The summed E-state index contributed by atoms with van der Waals surface area (Å²) in [6, 6.07) is 8.42. The second kappa shape index (κ2) is 5.09. The molecule has 0 aliphatic carbocycles. The lowest BCUT2D eigenvalue weighted by molar-refractivity contribution is 0.590. The van der Waals surface area contributed by atoms with E-state index in [1.807, 2.05) is 0 Å². The third-order valence-corrected chi connectivity index (χ3v) is 3.10. The molecular weight excluding hydrogens is 256 g/mol. The molecule has 1 aromatic heterocycles. The van der Waals surface area contributed by atoms with Gasteiger partial charge in [-0.15, -0.1) is 5.10 Å². The van der Waals surface area contributed by atoms with Crippen LogP contribution < -0.4 is 5.73 Å². The molecule has 0 saturated carbocycles. The highest BCUT2D eigenvalue weighted by atomic mass is 32.1. The fraction of sp³-hybridized carbons (Fsp3) is 0.357. The fourth-order valence-electron chi connectivity index (χ4n) is 1.89. The highest BCUT2D eigenvalue weighted by molar-refractivity contribution is 7.80. The number of hydrogen-bond acceptors (Lipinski definition) is 3. The first-order valence-electron chi connectivity index (χ1n) is 6.15. The Kier molecular flexibility index (Phi) is 3.66. The van der Waals surface area contributed by atoms with Crippen molar-refractivity contribution in [3.8, 4) is 11.3 Å². The van der Waals surface area contributed by atoms with E-state index in [1.54, 1.807) is 10.9 Å². The molecule has 0 bridgehead atoms. The van der Waals surface area contributed by atoms with Gasteiger partial charge in [0, 0.05) is 5.56 Å². The standard InChI is InChI=1S/C14H18N4S/c1-14(2,3)11-6-4-10(5-7-11)12-8-16-17-18(12)9-13(15)19/h4-8H,9H2,1-3H3,(H2,15,19). The van der Waals surface area contributed by atoms with E-state index in [0.717, 1.165) is 11.3 Å². The molecule has 2 aromatic rings. The van der Waals surface area contributed by atoms with E-state index in [2.05, 4.69) is 55.3 Å². The predicted molar refractivity (Wildman–Crippen MR) is 80.9 cm³/mol. The zero-order chi connectivity index (χ0) is 14.0. The zero-order valence-electron chi connectivity index (χ0n) is 11.4. The molecule has 0 aliphatic heterocycles. The molecule has 1 aromatic carbocycles. The second-order valence-corrected chi connectivity index (χ2v) is 6.09. The van der Waals surface area contributed by atoms with Crippen molar-refractivity contribution in [1.82, 2.24) is 15.0 Å². The topological polar surface area (TPSA) is 56.7 Å². The molecule has 0 radical (unpaired) electrons. The van der Waals surface area contributed by atoms with Gasteiger partial charge in [0.25, 0.3) is 0 Å². The summed E-state index contributed by atoms with van der Waals surface area (Å²) in [6.45, 7) is 6.99. The van der Waals surface area contributed by atoms with E-state index in [9.17, 15) is 0 Å². The van der Waals surface area contributed by atoms with E-state index in [1.165, 1.54) is 5.56 Å². The fourth-order valence-corrected chi connectivity index (χ4v) is 2.01. The smallest absolute Gasteiger partial charge is 0.0946 e. The highest BCUT2D eigenvalue weighted by Crippen LogP contribution is 2.25. The number of rotatable bonds is 3. The van der Waals surface area contributed by atoms with Crippen molar-refractivity contribution in [3.05, 3.63) is 36.0 Å². The van der Waals surface area contributed by atoms with E-state index in [4.69, 9.17) is 18.0 Å². The van der Waals surface area contributed by atoms with E-state index < -0.39 is 0 Å². The molecule has 2 rings (SSSR count). The van der Waals surface area contributed by atoms with Crippen LogP contribution in [0.1, 0.15) is 26.3 Å². The molecule has 0 unspecified atom stereocenters. The third-order valence-electron chi connectivity index (χ3n) is 2.97. The van der Waals surface area contributed by atoms with E-state index in [0.29, 0.717) is 11.5 Å². The number of nitrogens with zero attached hydrogens (tertiary/aromatic N) is 3. The molecule has 19 heavy (non-hydrogen) atoms. The molecule has 0 spiro atoms. The number of benzene rings is 1. The first-order valence-corrected chi connectivity index (χ1v) is 6.56. The van der Waals surface area contributed by atoms with Gasteiger partial charge in [0.2, 0.25) is 0 Å². The minimum absolute atomic E-state index is 0.149. The van der Waals surface area contributed by atoms with Gasteiger partial charge in [-0.3, -0.25) is 0 Å². The molecule has 0 atom stereocenters. The van der Waals surface area contributed by atoms with Gasteiger partial charge in [-0.05, 0) is 11.0 Å². The summed E-state index contributed by atoms with van der Waals surface area (Å²) < 4.78 is 1.72. The Hall–Kier alpha value is -1.75. The van der Waals surface area contributed by atoms with E-state index in [-0.39, 0.29) is 5.41 Å². The number of aromatic nitrogens is 3. The van der Waals surface area contributed by atoms with Crippen LogP contribution >= 0.6 is 12.2 Å². The largest absolute Gasteiger partial charge is 0.392 e. The summed E-state index contributed by atoms with van der Waals surface area (Å²) in [5.41, 5.74) is 8.99. The molecule has 0 saturated heterocycles. The Morgan fingerprint density at radius 2 is 1.89 bits per heavy atom. The van der Waals surface area contributed by atoms with Gasteiger partial charge < -0.3 is 5.73 Å². The Balaban J connectivity index is 2.33. The molecule has 0 amide bonds. The van der Waals surface area contributed by atoms with Crippen LogP contribution in [0.4, 0.5) is 0 Å². The van der Waals surface area contributed by atoms with Crippen LogP contribution in [0.15, 0.2) is 30.5 Å². The lowest BCUT2D eigenvalue weighted by atomic mass is 9.86. The van der Waals surface area contributed by atoms with Crippen molar-refractivity contribution >= 4 is 17.2 Å². The number of nitrogens with two attached hydrogens (primary N) is 1. The number of thiocarbonyl (C=S) groups is 1. The van der Waals surface area contributed by atoms with Crippen LogP contribution in [0.3, 0.4) is 0 Å². The number of hydrogen-bond donors (Lipinski definition) is 1. The molecule has 0 fully saturated rings. The van der Waals surface area contributed by atoms with Crippen molar-refractivity contribution in [2.24, 2.45) is 5.73 Å². The second-order valence-electron chi connectivity index (χ2n) is 5.57. The van der Waals surface area contributed by atoms with Crippen LogP contribution in [0.25, 0.3) is 11.3 Å². The summed E-state index contributed by atoms with van der Waals surface area (Å²) in [5.74, 6) is 0. The Labute approximate surface area is 118 Å². The minimum atomic E-state index is 0.149. The van der Waals surface area contributed by atoms with Crippen molar-refractivity contribution < 1.29 is 0 Å². The quantitative estimate of drug-likeness (QED) is 0.874. The van der Waals surface area contributed by atoms with Crippen LogP contribution in [0, 0.1) is 0 Å². The van der Waals surface area contributed by atoms with Crippen molar-refractivity contribution in [2.45, 2.75) is 32.7 Å². The average Bonchev–Trinajstić information content (AvgIpc) is 2.75.